The van der Waals surface area contributed by atoms with Crippen LogP contribution in [0.15, 0.2) is 36.7 Å². The molecule has 1 aromatic carbocycles. The minimum Gasteiger partial charge on any atom is -0.481 e. The molecule has 1 saturated heterocycles. The van der Waals surface area contributed by atoms with Crippen molar-refractivity contribution in [3.05, 3.63) is 47.8 Å². The van der Waals surface area contributed by atoms with Gasteiger partial charge in [0.25, 0.3) is 5.91 Å². The van der Waals surface area contributed by atoms with Gasteiger partial charge >= 0.3 is 5.97 Å². The number of piperidine rings is 1. The lowest BCUT2D eigenvalue weighted by molar-refractivity contribution is -0.143. The van der Waals surface area contributed by atoms with Crippen LogP contribution < -0.4 is 0 Å². The third-order valence-electron chi connectivity index (χ3n) is 4.58. The van der Waals surface area contributed by atoms with Gasteiger partial charge in [-0.1, -0.05) is 0 Å². The smallest absolute Gasteiger partial charge is 0.308 e. The first-order chi connectivity index (χ1) is 11.5. The van der Waals surface area contributed by atoms with E-state index in [9.17, 15) is 14.7 Å². The van der Waals surface area contributed by atoms with E-state index in [2.05, 4.69) is 5.10 Å². The molecule has 24 heavy (non-hydrogen) atoms. The predicted molar refractivity (Wildman–Crippen MR) is 89.2 cm³/mol. The highest BCUT2D eigenvalue weighted by Crippen LogP contribution is 2.24. The number of aryl methyl sites for hydroxylation is 1. The number of hydrogen-bond acceptors (Lipinski definition) is 3. The fraction of sp³-hybridized carbons (Fsp3) is 0.389. The summed E-state index contributed by atoms with van der Waals surface area (Å²) in [6.45, 7) is 4.21. The molecule has 3 rings (SSSR count). The zero-order valence-electron chi connectivity index (χ0n) is 13.8. The van der Waals surface area contributed by atoms with Crippen molar-refractivity contribution >= 4 is 11.9 Å². The van der Waals surface area contributed by atoms with Crippen molar-refractivity contribution in [1.29, 1.82) is 0 Å². The first-order valence-electron chi connectivity index (χ1n) is 8.11. The first-order valence-corrected chi connectivity index (χ1v) is 8.11. The number of carbonyl (C=O) groups excluding carboxylic acids is 1. The van der Waals surface area contributed by atoms with Crippen LogP contribution in [0.1, 0.15) is 35.7 Å². The molecule has 6 nitrogen and oxygen atoms in total. The fourth-order valence-electron chi connectivity index (χ4n) is 3.07. The Kier molecular flexibility index (Phi) is 4.38. The number of amides is 1. The Morgan fingerprint density at radius 3 is 2.50 bits per heavy atom. The van der Waals surface area contributed by atoms with E-state index in [1.165, 1.54) is 0 Å². The van der Waals surface area contributed by atoms with E-state index in [0.29, 0.717) is 18.4 Å². The van der Waals surface area contributed by atoms with Crippen molar-refractivity contribution in [2.75, 3.05) is 6.54 Å². The largest absolute Gasteiger partial charge is 0.481 e. The number of carboxylic acid groups (broad SMARTS) is 1. The van der Waals surface area contributed by atoms with Crippen LogP contribution in [0.2, 0.25) is 0 Å². The lowest BCUT2D eigenvalue weighted by atomic mass is 9.93. The third kappa shape index (κ3) is 3.18. The van der Waals surface area contributed by atoms with Gasteiger partial charge in [-0.3, -0.25) is 9.59 Å². The molecule has 0 saturated carbocycles. The molecule has 1 aliphatic heterocycles. The Hall–Kier alpha value is -2.63. The molecule has 1 N–H and O–H groups in total. The molecule has 0 spiro atoms. The Balaban J connectivity index is 1.78. The second-order valence-corrected chi connectivity index (χ2v) is 6.43. The van der Waals surface area contributed by atoms with Crippen molar-refractivity contribution in [3.8, 4) is 5.69 Å². The van der Waals surface area contributed by atoms with Crippen molar-refractivity contribution in [1.82, 2.24) is 14.7 Å². The van der Waals surface area contributed by atoms with Gasteiger partial charge in [0.05, 0.1) is 17.8 Å². The summed E-state index contributed by atoms with van der Waals surface area (Å²) in [5.74, 6) is -1.42. The van der Waals surface area contributed by atoms with Gasteiger partial charge in [-0.25, -0.2) is 4.68 Å². The molecular formula is C18H21N3O3. The van der Waals surface area contributed by atoms with Gasteiger partial charge in [0, 0.05) is 24.3 Å². The van der Waals surface area contributed by atoms with Crippen LogP contribution in [0.25, 0.3) is 5.69 Å². The van der Waals surface area contributed by atoms with Gasteiger partial charge in [0.15, 0.2) is 0 Å². The number of benzene rings is 1. The number of carboxylic acids is 1. The standard InChI is InChI=1S/C18H21N3O3/c1-12-9-19-21(10-12)16-7-5-14(6-8-16)17(22)20-11-15(18(23)24)4-3-13(20)2/h5-10,13,15H,3-4,11H2,1-2H3,(H,23,24). The van der Waals surface area contributed by atoms with E-state index < -0.39 is 11.9 Å². The van der Waals surface area contributed by atoms with E-state index in [4.69, 9.17) is 0 Å². The van der Waals surface area contributed by atoms with Gasteiger partial charge in [-0.15, -0.1) is 0 Å². The number of rotatable bonds is 3. The summed E-state index contributed by atoms with van der Waals surface area (Å²) < 4.78 is 1.76. The Labute approximate surface area is 140 Å². The maximum absolute atomic E-state index is 12.7. The molecule has 0 aliphatic carbocycles. The Morgan fingerprint density at radius 2 is 1.92 bits per heavy atom. The SMILES string of the molecule is Cc1cnn(-c2ccc(C(=O)N3CC(C(=O)O)CCC3C)cc2)c1. The maximum Gasteiger partial charge on any atom is 0.308 e. The molecule has 2 atom stereocenters. The topological polar surface area (TPSA) is 75.4 Å². The lowest BCUT2D eigenvalue weighted by Gasteiger charge is -2.36. The second-order valence-electron chi connectivity index (χ2n) is 6.43. The monoisotopic (exact) mass is 327 g/mol. The number of carbonyl (C=O) groups is 2. The van der Waals surface area contributed by atoms with Crippen LogP contribution in [0, 0.1) is 12.8 Å². The summed E-state index contributed by atoms with van der Waals surface area (Å²) in [4.78, 5) is 25.6. The van der Waals surface area contributed by atoms with Crippen molar-refractivity contribution < 1.29 is 14.7 Å². The first kappa shape index (κ1) is 16.2. The van der Waals surface area contributed by atoms with E-state index in [0.717, 1.165) is 11.3 Å². The number of aromatic nitrogens is 2. The van der Waals surface area contributed by atoms with E-state index >= 15 is 0 Å². The number of likely N-dealkylation sites (tertiary alicyclic amines) is 1. The zero-order valence-corrected chi connectivity index (χ0v) is 13.8. The normalized spacial score (nSPS) is 20.8. The van der Waals surface area contributed by atoms with E-state index in [1.807, 2.05) is 32.2 Å². The fourth-order valence-corrected chi connectivity index (χ4v) is 3.07. The minimum atomic E-state index is -0.830. The minimum absolute atomic E-state index is 0.0570. The average Bonchev–Trinajstić information content (AvgIpc) is 3.01. The van der Waals surface area contributed by atoms with Crippen molar-refractivity contribution in [2.24, 2.45) is 5.92 Å². The highest BCUT2D eigenvalue weighted by Gasteiger charge is 2.32. The van der Waals surface area contributed by atoms with Crippen LogP contribution in [-0.4, -0.2) is 44.3 Å². The molecule has 6 heteroatoms. The molecule has 1 aliphatic rings. The molecule has 0 radical (unpaired) electrons. The van der Waals surface area contributed by atoms with Gasteiger partial charge in [-0.2, -0.15) is 5.10 Å². The number of nitrogens with zero attached hydrogens (tertiary/aromatic N) is 3. The highest BCUT2D eigenvalue weighted by molar-refractivity contribution is 5.95. The van der Waals surface area contributed by atoms with E-state index in [1.54, 1.807) is 27.9 Å². The molecular weight excluding hydrogens is 306 g/mol. The molecule has 1 amide bonds. The molecule has 2 aromatic rings. The van der Waals surface area contributed by atoms with Gasteiger partial charge in [-0.05, 0) is 56.5 Å². The summed E-state index contributed by atoms with van der Waals surface area (Å²) in [7, 11) is 0. The second kappa shape index (κ2) is 6.47. The summed E-state index contributed by atoms with van der Waals surface area (Å²) in [6, 6.07) is 7.30. The molecule has 0 bridgehead atoms. The van der Waals surface area contributed by atoms with Crippen LogP contribution in [-0.2, 0) is 4.79 Å². The van der Waals surface area contributed by atoms with Gasteiger partial charge < -0.3 is 10.0 Å². The van der Waals surface area contributed by atoms with Crippen molar-refractivity contribution in [2.45, 2.75) is 32.7 Å². The predicted octanol–water partition coefficient (Wildman–Crippen LogP) is 2.51. The van der Waals surface area contributed by atoms with Gasteiger partial charge in [0.1, 0.15) is 0 Å². The number of aliphatic carboxylic acids is 1. The Morgan fingerprint density at radius 1 is 1.21 bits per heavy atom. The molecule has 1 fully saturated rings. The highest BCUT2D eigenvalue weighted by atomic mass is 16.4. The molecule has 1 aromatic heterocycles. The van der Waals surface area contributed by atoms with Crippen LogP contribution in [0.3, 0.4) is 0 Å². The summed E-state index contributed by atoms with van der Waals surface area (Å²) in [5.41, 5.74) is 2.52. The van der Waals surface area contributed by atoms with Crippen LogP contribution in [0.5, 0.6) is 0 Å². The van der Waals surface area contributed by atoms with Crippen LogP contribution >= 0.6 is 0 Å². The summed E-state index contributed by atoms with van der Waals surface area (Å²) in [5, 5.41) is 13.5. The summed E-state index contributed by atoms with van der Waals surface area (Å²) >= 11 is 0. The third-order valence-corrected chi connectivity index (χ3v) is 4.58. The quantitative estimate of drug-likeness (QED) is 0.940. The summed E-state index contributed by atoms with van der Waals surface area (Å²) in [6.07, 6.45) is 5.03. The lowest BCUT2D eigenvalue weighted by Crippen LogP contribution is -2.47. The Bertz CT molecular complexity index is 751. The average molecular weight is 327 g/mol. The number of hydrogen-bond donors (Lipinski definition) is 1. The maximum atomic E-state index is 12.7. The zero-order chi connectivity index (χ0) is 17.3. The molecule has 2 unspecified atom stereocenters. The molecule has 2 heterocycles. The van der Waals surface area contributed by atoms with E-state index in [-0.39, 0.29) is 18.5 Å². The van der Waals surface area contributed by atoms with Crippen molar-refractivity contribution in [3.63, 3.8) is 0 Å². The molecule has 126 valence electrons. The van der Waals surface area contributed by atoms with Gasteiger partial charge in [0.2, 0.25) is 0 Å². The van der Waals surface area contributed by atoms with Crippen LogP contribution in [0.4, 0.5) is 0 Å².